The van der Waals surface area contributed by atoms with E-state index in [-0.39, 0.29) is 5.04 Å². The van der Waals surface area contributed by atoms with Crippen molar-refractivity contribution in [2.75, 3.05) is 0 Å². The standard InChI is InChI=1S/C8H15Si/c1-7-9(5,6)8(2,3)4/h2-6H3. The van der Waals surface area contributed by atoms with Gasteiger partial charge in [-0.1, -0.05) is 33.9 Å². The van der Waals surface area contributed by atoms with Gasteiger partial charge < -0.3 is 0 Å². The van der Waals surface area contributed by atoms with Gasteiger partial charge in [0, 0.05) is 0 Å². The summed E-state index contributed by atoms with van der Waals surface area (Å²) >= 11 is 0. The minimum atomic E-state index is -1.46. The van der Waals surface area contributed by atoms with E-state index in [1.807, 2.05) is 0 Å². The van der Waals surface area contributed by atoms with Crippen molar-refractivity contribution in [3.05, 3.63) is 6.42 Å². The average molecular weight is 139 g/mol. The zero-order valence-corrected chi connectivity index (χ0v) is 8.00. The monoisotopic (exact) mass is 139 g/mol. The minimum Gasteiger partial charge on any atom is -0.117 e. The molecule has 0 aromatic carbocycles. The highest BCUT2D eigenvalue weighted by Gasteiger charge is 2.33. The predicted molar refractivity (Wildman–Crippen MR) is 44.3 cm³/mol. The van der Waals surface area contributed by atoms with Crippen LogP contribution in [0.15, 0.2) is 0 Å². The molecular formula is C8H15Si. The van der Waals surface area contributed by atoms with Gasteiger partial charge >= 0.3 is 0 Å². The van der Waals surface area contributed by atoms with Crippen LogP contribution in [0.2, 0.25) is 18.1 Å². The highest BCUT2D eigenvalue weighted by molar-refractivity contribution is 6.87. The minimum absolute atomic E-state index is 0.286. The van der Waals surface area contributed by atoms with E-state index in [4.69, 9.17) is 6.42 Å². The lowest BCUT2D eigenvalue weighted by Crippen LogP contribution is -2.35. The van der Waals surface area contributed by atoms with Gasteiger partial charge in [0.05, 0.1) is 0 Å². The molecule has 0 aliphatic heterocycles. The molecule has 0 amide bonds. The van der Waals surface area contributed by atoms with E-state index < -0.39 is 8.07 Å². The van der Waals surface area contributed by atoms with Gasteiger partial charge in [-0.15, -0.1) is 5.54 Å². The molecule has 0 nitrogen and oxygen atoms in total. The third-order valence-corrected chi connectivity index (χ3v) is 6.56. The summed E-state index contributed by atoms with van der Waals surface area (Å²) in [6.07, 6.45) is 7.07. The summed E-state index contributed by atoms with van der Waals surface area (Å²) in [7, 11) is -1.46. The lowest BCUT2D eigenvalue weighted by Gasteiger charge is -2.31. The van der Waals surface area contributed by atoms with E-state index in [1.54, 1.807) is 0 Å². The van der Waals surface area contributed by atoms with Crippen LogP contribution in [0.3, 0.4) is 0 Å². The summed E-state index contributed by atoms with van der Waals surface area (Å²) in [5.74, 6) is 0. The van der Waals surface area contributed by atoms with E-state index in [9.17, 15) is 0 Å². The van der Waals surface area contributed by atoms with Crippen molar-refractivity contribution in [2.24, 2.45) is 0 Å². The Kier molecular flexibility index (Phi) is 2.13. The second kappa shape index (κ2) is 2.19. The Morgan fingerprint density at radius 3 is 1.56 bits per heavy atom. The molecule has 0 saturated heterocycles. The fourth-order valence-electron chi connectivity index (χ4n) is 0.188. The molecule has 0 aliphatic carbocycles. The number of hydrogen-bond donors (Lipinski definition) is 0. The summed E-state index contributed by atoms with van der Waals surface area (Å²) in [5.41, 5.74) is 2.67. The maximum atomic E-state index is 7.07. The van der Waals surface area contributed by atoms with Crippen molar-refractivity contribution in [2.45, 2.75) is 38.9 Å². The topological polar surface area (TPSA) is 0 Å². The molecule has 0 aromatic heterocycles. The highest BCUT2D eigenvalue weighted by atomic mass is 28.3. The predicted octanol–water partition coefficient (Wildman–Crippen LogP) is 2.62. The molecule has 0 spiro atoms. The first-order chi connectivity index (χ1) is 3.81. The summed E-state index contributed by atoms with van der Waals surface area (Å²) in [5, 5.41) is 0.286. The maximum absolute atomic E-state index is 7.07. The van der Waals surface area contributed by atoms with Crippen LogP contribution >= 0.6 is 0 Å². The SMILES string of the molecule is [C]#C[Si](C)(C)C(C)(C)C. The molecule has 9 heavy (non-hydrogen) atoms. The van der Waals surface area contributed by atoms with Crippen LogP contribution in [-0.2, 0) is 0 Å². The molecule has 0 aliphatic rings. The van der Waals surface area contributed by atoms with Crippen molar-refractivity contribution >= 4 is 8.07 Å². The summed E-state index contributed by atoms with van der Waals surface area (Å²) in [6.45, 7) is 10.9. The molecule has 0 fully saturated rings. The molecule has 51 valence electrons. The van der Waals surface area contributed by atoms with Crippen LogP contribution in [0, 0.1) is 12.0 Å². The van der Waals surface area contributed by atoms with Crippen molar-refractivity contribution in [1.82, 2.24) is 0 Å². The Morgan fingerprint density at radius 1 is 1.22 bits per heavy atom. The number of rotatable bonds is 0. The molecule has 0 bridgehead atoms. The van der Waals surface area contributed by atoms with Crippen molar-refractivity contribution in [3.8, 4) is 5.54 Å². The first-order valence-electron chi connectivity index (χ1n) is 3.25. The Labute approximate surface area is 59.7 Å². The van der Waals surface area contributed by atoms with Crippen molar-refractivity contribution in [1.29, 1.82) is 0 Å². The number of hydrogen-bond acceptors (Lipinski definition) is 0. The van der Waals surface area contributed by atoms with Crippen LogP contribution in [0.1, 0.15) is 20.8 Å². The van der Waals surface area contributed by atoms with Gasteiger partial charge in [0.1, 0.15) is 8.07 Å². The fourth-order valence-corrected chi connectivity index (χ4v) is 0.562. The third kappa shape index (κ3) is 1.87. The molecule has 0 saturated carbocycles. The quantitative estimate of drug-likeness (QED) is 0.357. The molecule has 0 rings (SSSR count). The van der Waals surface area contributed by atoms with E-state index in [0.29, 0.717) is 0 Å². The lowest BCUT2D eigenvalue weighted by molar-refractivity contribution is 0.731. The molecule has 0 atom stereocenters. The van der Waals surface area contributed by atoms with Crippen LogP contribution in [0.5, 0.6) is 0 Å². The average Bonchev–Trinajstić information content (AvgIpc) is 1.64. The Bertz CT molecular complexity index is 132. The molecule has 0 aromatic rings. The first-order valence-corrected chi connectivity index (χ1v) is 6.25. The van der Waals surface area contributed by atoms with E-state index in [2.05, 4.69) is 39.4 Å². The van der Waals surface area contributed by atoms with Gasteiger partial charge in [-0.2, -0.15) is 0 Å². The van der Waals surface area contributed by atoms with Gasteiger partial charge in [0.2, 0.25) is 0 Å². The molecule has 0 heterocycles. The van der Waals surface area contributed by atoms with Crippen LogP contribution < -0.4 is 0 Å². The third-order valence-electron chi connectivity index (χ3n) is 2.19. The van der Waals surface area contributed by atoms with Crippen LogP contribution in [0.25, 0.3) is 0 Å². The van der Waals surface area contributed by atoms with Crippen LogP contribution in [0.4, 0.5) is 0 Å². The van der Waals surface area contributed by atoms with E-state index in [1.165, 1.54) is 0 Å². The van der Waals surface area contributed by atoms with Crippen molar-refractivity contribution < 1.29 is 0 Å². The molecule has 1 heteroatoms. The molecular weight excluding hydrogens is 124 g/mol. The summed E-state index contributed by atoms with van der Waals surface area (Å²) in [6, 6.07) is 0. The van der Waals surface area contributed by atoms with Gasteiger partial charge in [-0.25, -0.2) is 0 Å². The van der Waals surface area contributed by atoms with Gasteiger partial charge in [0.25, 0.3) is 0 Å². The molecule has 0 N–H and O–H groups in total. The maximum Gasteiger partial charge on any atom is 0.139 e. The zero-order valence-electron chi connectivity index (χ0n) is 7.00. The Balaban J connectivity index is 4.39. The zero-order chi connectivity index (χ0) is 7.71. The molecule has 1 radical (unpaired) electrons. The van der Waals surface area contributed by atoms with E-state index >= 15 is 0 Å². The van der Waals surface area contributed by atoms with E-state index in [0.717, 1.165) is 0 Å². The van der Waals surface area contributed by atoms with Gasteiger partial charge in [-0.05, 0) is 11.5 Å². The summed E-state index contributed by atoms with van der Waals surface area (Å²) in [4.78, 5) is 0. The summed E-state index contributed by atoms with van der Waals surface area (Å²) < 4.78 is 0. The second-order valence-electron chi connectivity index (χ2n) is 4.00. The second-order valence-corrected chi connectivity index (χ2v) is 9.00. The van der Waals surface area contributed by atoms with Crippen LogP contribution in [-0.4, -0.2) is 8.07 Å². The normalized spacial score (nSPS) is 12.9. The smallest absolute Gasteiger partial charge is 0.117 e. The van der Waals surface area contributed by atoms with Gasteiger partial charge in [0.15, 0.2) is 0 Å². The first kappa shape index (κ1) is 8.78. The van der Waals surface area contributed by atoms with Crippen molar-refractivity contribution in [3.63, 3.8) is 0 Å². The lowest BCUT2D eigenvalue weighted by atomic mass is 10.2. The van der Waals surface area contributed by atoms with Gasteiger partial charge in [-0.3, -0.25) is 0 Å². The molecule has 0 unspecified atom stereocenters. The largest absolute Gasteiger partial charge is 0.139 e. The fraction of sp³-hybridized carbons (Fsp3) is 0.750. The highest BCUT2D eigenvalue weighted by Crippen LogP contribution is 2.34. The Morgan fingerprint density at radius 2 is 1.56 bits per heavy atom. The Hall–Kier alpha value is -0.223.